The molecule has 0 spiro atoms. The van der Waals surface area contributed by atoms with Gasteiger partial charge < -0.3 is 19.5 Å². The molecule has 0 radical (unpaired) electrons. The fourth-order valence-corrected chi connectivity index (χ4v) is 4.43. The number of aliphatic hydroxyl groups is 1. The molecule has 0 aromatic heterocycles. The van der Waals surface area contributed by atoms with E-state index in [0.29, 0.717) is 31.9 Å². The van der Waals surface area contributed by atoms with Crippen LogP contribution in [0.25, 0.3) is 5.76 Å². The molecule has 8 heteroatoms. The minimum Gasteiger partial charge on any atom is -0.507 e. The number of rotatable bonds is 7. The molecule has 2 aromatic rings. The van der Waals surface area contributed by atoms with Crippen LogP contribution in [-0.2, 0) is 14.3 Å². The first-order valence-corrected chi connectivity index (χ1v) is 11.9. The van der Waals surface area contributed by atoms with Crippen molar-refractivity contribution in [3.63, 3.8) is 0 Å². The van der Waals surface area contributed by atoms with Crippen LogP contribution in [-0.4, -0.2) is 72.1 Å². The SMILES string of the molecule is Cc1ccc([C@H]2/C(=C(\O)c3ccc(OC(C)C)c(F)c3)C(=O)C(=O)N2CCN2CCOCC2)cc1. The molecule has 2 saturated heterocycles. The van der Waals surface area contributed by atoms with Gasteiger partial charge in [-0.15, -0.1) is 0 Å². The molecular formula is C27H31FN2O5. The minimum absolute atomic E-state index is 0.0437. The summed E-state index contributed by atoms with van der Waals surface area (Å²) in [5, 5.41) is 11.2. The summed E-state index contributed by atoms with van der Waals surface area (Å²) >= 11 is 0. The van der Waals surface area contributed by atoms with Gasteiger partial charge >= 0.3 is 0 Å². The molecule has 7 nitrogen and oxygen atoms in total. The second kappa shape index (κ2) is 10.6. The summed E-state index contributed by atoms with van der Waals surface area (Å²) in [7, 11) is 0. The summed E-state index contributed by atoms with van der Waals surface area (Å²) in [6.07, 6.45) is -0.220. The molecule has 2 aromatic carbocycles. The Morgan fingerprint density at radius 3 is 2.43 bits per heavy atom. The van der Waals surface area contributed by atoms with Crippen molar-refractivity contribution in [2.75, 3.05) is 39.4 Å². The number of aliphatic hydroxyl groups excluding tert-OH is 1. The fraction of sp³-hybridized carbons (Fsp3) is 0.407. The van der Waals surface area contributed by atoms with E-state index in [1.807, 2.05) is 31.2 Å². The van der Waals surface area contributed by atoms with E-state index in [9.17, 15) is 19.1 Å². The van der Waals surface area contributed by atoms with Crippen molar-refractivity contribution in [2.24, 2.45) is 0 Å². The van der Waals surface area contributed by atoms with Crippen molar-refractivity contribution >= 4 is 17.4 Å². The van der Waals surface area contributed by atoms with E-state index in [-0.39, 0.29) is 23.0 Å². The van der Waals surface area contributed by atoms with Crippen molar-refractivity contribution in [1.29, 1.82) is 0 Å². The van der Waals surface area contributed by atoms with Crippen LogP contribution < -0.4 is 4.74 Å². The van der Waals surface area contributed by atoms with Crippen molar-refractivity contribution in [3.8, 4) is 5.75 Å². The number of Topliss-reactive ketones (excluding diaryl/α,β-unsaturated/α-hetero) is 1. The maximum absolute atomic E-state index is 14.7. The number of carbonyl (C=O) groups is 2. The highest BCUT2D eigenvalue weighted by Gasteiger charge is 2.46. The van der Waals surface area contributed by atoms with Crippen LogP contribution in [0.3, 0.4) is 0 Å². The zero-order valence-corrected chi connectivity index (χ0v) is 20.3. The van der Waals surface area contributed by atoms with Gasteiger partial charge in [-0.2, -0.15) is 0 Å². The summed E-state index contributed by atoms with van der Waals surface area (Å²) in [4.78, 5) is 30.0. The van der Waals surface area contributed by atoms with Crippen molar-refractivity contribution in [2.45, 2.75) is 32.9 Å². The highest BCUT2D eigenvalue weighted by molar-refractivity contribution is 6.46. The number of halogens is 1. The number of aryl methyl sites for hydroxylation is 1. The number of ketones is 1. The lowest BCUT2D eigenvalue weighted by Crippen LogP contribution is -2.42. The molecule has 2 aliphatic rings. The monoisotopic (exact) mass is 482 g/mol. The predicted octanol–water partition coefficient (Wildman–Crippen LogP) is 3.68. The number of benzene rings is 2. The van der Waals surface area contributed by atoms with E-state index in [1.54, 1.807) is 13.8 Å². The Morgan fingerprint density at radius 1 is 1.11 bits per heavy atom. The number of carbonyl (C=O) groups excluding carboxylic acids is 2. The average molecular weight is 483 g/mol. The molecule has 2 aliphatic heterocycles. The zero-order valence-electron chi connectivity index (χ0n) is 20.3. The van der Waals surface area contributed by atoms with Gasteiger partial charge in [0.05, 0.1) is 30.9 Å². The third-order valence-corrected chi connectivity index (χ3v) is 6.26. The molecule has 186 valence electrons. The Kier molecular flexibility index (Phi) is 7.52. The van der Waals surface area contributed by atoms with E-state index < -0.39 is 29.3 Å². The van der Waals surface area contributed by atoms with E-state index >= 15 is 0 Å². The lowest BCUT2D eigenvalue weighted by atomic mass is 9.94. The fourth-order valence-electron chi connectivity index (χ4n) is 4.43. The zero-order chi connectivity index (χ0) is 25.1. The van der Waals surface area contributed by atoms with Crippen molar-refractivity contribution in [1.82, 2.24) is 9.80 Å². The number of nitrogens with zero attached hydrogens (tertiary/aromatic N) is 2. The van der Waals surface area contributed by atoms with E-state index in [0.717, 1.165) is 24.7 Å². The number of hydrogen-bond donors (Lipinski definition) is 1. The number of hydrogen-bond acceptors (Lipinski definition) is 6. The van der Waals surface area contributed by atoms with Crippen LogP contribution in [0.2, 0.25) is 0 Å². The molecular weight excluding hydrogens is 451 g/mol. The number of amides is 1. The average Bonchev–Trinajstić information content (AvgIpc) is 3.09. The molecule has 0 aliphatic carbocycles. The van der Waals surface area contributed by atoms with Gasteiger partial charge in [0, 0.05) is 31.7 Å². The summed E-state index contributed by atoms with van der Waals surface area (Å²) in [6, 6.07) is 10.8. The minimum atomic E-state index is -0.780. The van der Waals surface area contributed by atoms with Crippen molar-refractivity contribution < 1.29 is 28.6 Å². The Balaban J connectivity index is 1.72. The maximum Gasteiger partial charge on any atom is 0.295 e. The molecule has 0 saturated carbocycles. The van der Waals surface area contributed by atoms with Crippen LogP contribution >= 0.6 is 0 Å². The Hall–Kier alpha value is -3.23. The van der Waals surface area contributed by atoms with Crippen LogP contribution in [0.15, 0.2) is 48.0 Å². The normalized spacial score (nSPS) is 20.6. The molecule has 2 fully saturated rings. The predicted molar refractivity (Wildman–Crippen MR) is 130 cm³/mol. The summed E-state index contributed by atoms with van der Waals surface area (Å²) in [5.74, 6) is -2.46. The molecule has 0 bridgehead atoms. The van der Waals surface area contributed by atoms with Gasteiger partial charge in [-0.3, -0.25) is 14.5 Å². The molecule has 4 rings (SSSR count). The van der Waals surface area contributed by atoms with Gasteiger partial charge in [-0.25, -0.2) is 4.39 Å². The van der Waals surface area contributed by atoms with Gasteiger partial charge in [-0.1, -0.05) is 29.8 Å². The third-order valence-electron chi connectivity index (χ3n) is 6.26. The Bertz CT molecular complexity index is 1120. The smallest absolute Gasteiger partial charge is 0.295 e. The van der Waals surface area contributed by atoms with Crippen LogP contribution in [0.1, 0.15) is 36.6 Å². The second-order valence-electron chi connectivity index (χ2n) is 9.17. The third kappa shape index (κ3) is 5.39. The molecule has 35 heavy (non-hydrogen) atoms. The van der Waals surface area contributed by atoms with E-state index in [4.69, 9.17) is 9.47 Å². The first-order valence-electron chi connectivity index (χ1n) is 11.9. The van der Waals surface area contributed by atoms with Gasteiger partial charge in [0.25, 0.3) is 11.7 Å². The number of morpholine rings is 1. The van der Waals surface area contributed by atoms with Crippen LogP contribution in [0, 0.1) is 12.7 Å². The molecule has 1 amide bonds. The lowest BCUT2D eigenvalue weighted by Gasteiger charge is -2.31. The molecule has 1 N–H and O–H groups in total. The largest absolute Gasteiger partial charge is 0.507 e. The Labute approximate surface area is 204 Å². The van der Waals surface area contributed by atoms with Crippen LogP contribution in [0.4, 0.5) is 4.39 Å². The topological polar surface area (TPSA) is 79.3 Å². The quantitative estimate of drug-likeness (QED) is 0.369. The summed E-state index contributed by atoms with van der Waals surface area (Å²) in [6.45, 7) is 9.17. The van der Waals surface area contributed by atoms with Crippen molar-refractivity contribution in [3.05, 3.63) is 70.5 Å². The standard InChI is InChI=1S/C27H31FN2O5/c1-17(2)35-22-9-8-20(16-21(22)28)25(31)23-24(19-6-4-18(3)5-7-19)30(27(33)26(23)32)11-10-29-12-14-34-15-13-29/h4-9,16-17,24,31H,10-15H2,1-3H3/b25-23+/t24-/m0/s1. The molecule has 1 atom stereocenters. The van der Waals surface area contributed by atoms with Gasteiger partial charge in [0.1, 0.15) is 5.76 Å². The lowest BCUT2D eigenvalue weighted by molar-refractivity contribution is -0.140. The van der Waals surface area contributed by atoms with Crippen LogP contribution in [0.5, 0.6) is 5.75 Å². The van der Waals surface area contributed by atoms with E-state index in [1.165, 1.54) is 17.0 Å². The molecule has 0 unspecified atom stereocenters. The number of likely N-dealkylation sites (tertiary alicyclic amines) is 1. The number of ether oxygens (including phenoxy) is 2. The first-order chi connectivity index (χ1) is 16.8. The Morgan fingerprint density at radius 2 is 1.80 bits per heavy atom. The van der Waals surface area contributed by atoms with Gasteiger partial charge in [0.2, 0.25) is 0 Å². The summed E-state index contributed by atoms with van der Waals surface area (Å²) < 4.78 is 25.5. The first kappa shape index (κ1) is 24.9. The van der Waals surface area contributed by atoms with Gasteiger partial charge in [-0.05, 0) is 44.5 Å². The maximum atomic E-state index is 14.7. The highest BCUT2D eigenvalue weighted by atomic mass is 19.1. The molecule has 2 heterocycles. The summed E-state index contributed by atoms with van der Waals surface area (Å²) in [5.41, 5.74) is 1.81. The highest BCUT2D eigenvalue weighted by Crippen LogP contribution is 2.39. The second-order valence-corrected chi connectivity index (χ2v) is 9.17. The van der Waals surface area contributed by atoms with Gasteiger partial charge in [0.15, 0.2) is 11.6 Å². The van der Waals surface area contributed by atoms with E-state index in [2.05, 4.69) is 4.90 Å².